The summed E-state index contributed by atoms with van der Waals surface area (Å²) in [4.78, 5) is 26.6. The molecule has 7 heteroatoms. The number of ether oxygens (including phenoxy) is 2. The van der Waals surface area contributed by atoms with E-state index in [1.165, 1.54) is 0 Å². The lowest BCUT2D eigenvalue weighted by Gasteiger charge is -2.22. The minimum Gasteiger partial charge on any atom is -0.496 e. The number of aromatic amines is 1. The van der Waals surface area contributed by atoms with Gasteiger partial charge in [-0.15, -0.1) is 0 Å². The van der Waals surface area contributed by atoms with Gasteiger partial charge in [0.1, 0.15) is 17.4 Å². The number of carboxylic acids is 1. The fourth-order valence-corrected chi connectivity index (χ4v) is 2.72. The highest BCUT2D eigenvalue weighted by Crippen LogP contribution is 2.30. The van der Waals surface area contributed by atoms with Crippen molar-refractivity contribution in [1.82, 2.24) is 10.3 Å². The van der Waals surface area contributed by atoms with Crippen molar-refractivity contribution in [3.05, 3.63) is 29.5 Å². The maximum atomic E-state index is 11.9. The fourth-order valence-electron chi connectivity index (χ4n) is 2.72. The molecule has 2 aromatic rings. The number of carbonyl (C=O) groups excluding carboxylic acids is 1. The van der Waals surface area contributed by atoms with Gasteiger partial charge in [0, 0.05) is 29.1 Å². The number of aryl methyl sites for hydroxylation is 1. The number of rotatable bonds is 5. The first-order valence-electron chi connectivity index (χ1n) is 7.98. The van der Waals surface area contributed by atoms with Crippen molar-refractivity contribution in [2.75, 3.05) is 7.11 Å². The van der Waals surface area contributed by atoms with Crippen molar-refractivity contribution in [2.45, 2.75) is 45.8 Å². The zero-order chi connectivity index (χ0) is 18.8. The third kappa shape index (κ3) is 4.43. The van der Waals surface area contributed by atoms with Crippen LogP contribution in [0.2, 0.25) is 0 Å². The van der Waals surface area contributed by atoms with Crippen LogP contribution in [-0.4, -0.2) is 40.9 Å². The molecule has 7 nitrogen and oxygen atoms in total. The Bertz CT molecular complexity index is 789. The Morgan fingerprint density at radius 3 is 2.56 bits per heavy atom. The first kappa shape index (κ1) is 18.6. The van der Waals surface area contributed by atoms with Gasteiger partial charge in [-0.3, -0.25) is 0 Å². The van der Waals surface area contributed by atoms with Crippen LogP contribution < -0.4 is 10.1 Å². The fraction of sp³-hybridized carbons (Fsp3) is 0.444. The average Bonchev–Trinajstić information content (AvgIpc) is 2.89. The lowest BCUT2D eigenvalue weighted by molar-refractivity contribution is -0.139. The maximum Gasteiger partial charge on any atom is 0.408 e. The number of fused-ring (bicyclic) bond motifs is 1. The number of carbonyl (C=O) groups is 2. The summed E-state index contributed by atoms with van der Waals surface area (Å²) in [5.74, 6) is -0.402. The second-order valence-electron chi connectivity index (χ2n) is 6.87. The molecule has 1 amide bonds. The van der Waals surface area contributed by atoms with E-state index >= 15 is 0 Å². The average molecular weight is 348 g/mol. The van der Waals surface area contributed by atoms with Gasteiger partial charge in [-0.2, -0.15) is 0 Å². The second kappa shape index (κ2) is 7.04. The smallest absolute Gasteiger partial charge is 0.408 e. The molecule has 0 saturated carbocycles. The van der Waals surface area contributed by atoms with Crippen molar-refractivity contribution >= 4 is 23.0 Å². The van der Waals surface area contributed by atoms with Crippen molar-refractivity contribution < 1.29 is 24.2 Å². The van der Waals surface area contributed by atoms with Gasteiger partial charge in [-0.25, -0.2) is 9.59 Å². The van der Waals surface area contributed by atoms with Crippen LogP contribution >= 0.6 is 0 Å². The van der Waals surface area contributed by atoms with E-state index in [0.717, 1.165) is 27.8 Å². The maximum absolute atomic E-state index is 11.9. The van der Waals surface area contributed by atoms with Crippen molar-refractivity contribution in [2.24, 2.45) is 0 Å². The largest absolute Gasteiger partial charge is 0.496 e. The summed E-state index contributed by atoms with van der Waals surface area (Å²) in [5.41, 5.74) is 1.89. The summed E-state index contributed by atoms with van der Waals surface area (Å²) in [5, 5.41) is 12.8. The Labute approximate surface area is 146 Å². The Balaban J connectivity index is 2.27. The van der Waals surface area contributed by atoms with Crippen LogP contribution in [0.4, 0.5) is 4.79 Å². The normalized spacial score (nSPS) is 12.7. The molecule has 1 unspecified atom stereocenters. The van der Waals surface area contributed by atoms with Crippen LogP contribution in [0.1, 0.15) is 31.9 Å². The number of amides is 1. The molecule has 0 fully saturated rings. The number of hydrogen-bond acceptors (Lipinski definition) is 4. The number of H-pyrrole nitrogens is 1. The van der Waals surface area contributed by atoms with E-state index in [1.54, 1.807) is 34.1 Å². The molecule has 0 spiro atoms. The molecule has 0 radical (unpaired) electrons. The summed E-state index contributed by atoms with van der Waals surface area (Å²) in [6.45, 7) is 7.07. The van der Waals surface area contributed by atoms with Crippen molar-refractivity contribution in [1.29, 1.82) is 0 Å². The predicted octanol–water partition coefficient (Wildman–Crippen LogP) is 3.01. The van der Waals surface area contributed by atoms with Gasteiger partial charge in [0.15, 0.2) is 0 Å². The van der Waals surface area contributed by atoms with Crippen LogP contribution in [0.15, 0.2) is 18.3 Å². The summed E-state index contributed by atoms with van der Waals surface area (Å²) >= 11 is 0. The number of aromatic nitrogens is 1. The highest BCUT2D eigenvalue weighted by atomic mass is 16.6. The molecule has 2 rings (SSSR count). The molecule has 0 saturated heterocycles. The Morgan fingerprint density at radius 1 is 1.32 bits per heavy atom. The number of nitrogens with one attached hydrogen (secondary N) is 2. The van der Waals surface area contributed by atoms with E-state index in [-0.39, 0.29) is 6.42 Å². The van der Waals surface area contributed by atoms with Crippen LogP contribution in [0.3, 0.4) is 0 Å². The van der Waals surface area contributed by atoms with Crippen LogP contribution in [0.5, 0.6) is 5.75 Å². The molecule has 0 aliphatic rings. The minimum atomic E-state index is -1.12. The molecule has 0 bridgehead atoms. The van der Waals surface area contributed by atoms with Gasteiger partial charge < -0.3 is 24.9 Å². The molecule has 0 aliphatic heterocycles. The van der Waals surface area contributed by atoms with Gasteiger partial charge in [0.25, 0.3) is 0 Å². The number of alkyl carbamates (subject to hydrolysis) is 1. The Hall–Kier alpha value is -2.70. The molecule has 1 atom stereocenters. The highest BCUT2D eigenvalue weighted by Gasteiger charge is 2.25. The molecule has 1 heterocycles. The second-order valence-corrected chi connectivity index (χ2v) is 6.87. The standard InChI is InChI=1S/C18H24N2O5/c1-10-14(24-5)7-6-12-15(10)11(9-19-12)8-13(16(21)22)20-17(23)25-18(2,3)4/h6-7,9,13,19H,8H2,1-5H3,(H,20,23)(H,21,22). The third-order valence-electron chi connectivity index (χ3n) is 3.77. The Kier molecular flexibility index (Phi) is 5.25. The monoisotopic (exact) mass is 348 g/mol. The highest BCUT2D eigenvalue weighted by molar-refractivity contribution is 5.89. The van der Waals surface area contributed by atoms with Crippen LogP contribution in [0.25, 0.3) is 10.9 Å². The van der Waals surface area contributed by atoms with E-state index in [1.807, 2.05) is 19.1 Å². The minimum absolute atomic E-state index is 0.128. The van der Waals surface area contributed by atoms with E-state index < -0.39 is 23.7 Å². The van der Waals surface area contributed by atoms with Crippen molar-refractivity contribution in [3.8, 4) is 5.75 Å². The summed E-state index contributed by atoms with van der Waals surface area (Å²) < 4.78 is 10.5. The first-order chi connectivity index (χ1) is 11.6. The predicted molar refractivity (Wildman–Crippen MR) is 94.1 cm³/mol. The number of hydrogen-bond donors (Lipinski definition) is 3. The molecular weight excluding hydrogens is 324 g/mol. The van der Waals surface area contributed by atoms with Gasteiger partial charge in [-0.1, -0.05) is 0 Å². The van der Waals surface area contributed by atoms with Gasteiger partial charge in [0.2, 0.25) is 0 Å². The van der Waals surface area contributed by atoms with Crippen LogP contribution in [0, 0.1) is 6.92 Å². The third-order valence-corrected chi connectivity index (χ3v) is 3.77. The molecule has 3 N–H and O–H groups in total. The summed E-state index contributed by atoms with van der Waals surface area (Å²) in [7, 11) is 1.59. The van der Waals surface area contributed by atoms with E-state index in [9.17, 15) is 14.7 Å². The van der Waals surface area contributed by atoms with E-state index in [2.05, 4.69) is 10.3 Å². The van der Waals surface area contributed by atoms with Crippen LogP contribution in [-0.2, 0) is 16.0 Å². The summed E-state index contributed by atoms with van der Waals surface area (Å²) in [6.07, 6.45) is 1.13. The topological polar surface area (TPSA) is 101 Å². The van der Waals surface area contributed by atoms with Gasteiger partial charge >= 0.3 is 12.1 Å². The summed E-state index contributed by atoms with van der Waals surface area (Å²) in [6, 6.07) is 2.63. The molecule has 1 aromatic carbocycles. The number of aliphatic carboxylic acids is 1. The van der Waals surface area contributed by atoms with E-state index in [0.29, 0.717) is 0 Å². The zero-order valence-electron chi connectivity index (χ0n) is 15.1. The van der Waals surface area contributed by atoms with Crippen molar-refractivity contribution in [3.63, 3.8) is 0 Å². The lowest BCUT2D eigenvalue weighted by Crippen LogP contribution is -2.44. The molecular formula is C18H24N2O5. The lowest BCUT2D eigenvalue weighted by atomic mass is 10.0. The molecule has 0 aliphatic carbocycles. The molecule has 1 aromatic heterocycles. The quantitative estimate of drug-likeness (QED) is 0.771. The zero-order valence-corrected chi connectivity index (χ0v) is 15.1. The number of carboxylic acid groups (broad SMARTS) is 1. The van der Waals surface area contributed by atoms with Gasteiger partial charge in [-0.05, 0) is 45.4 Å². The molecule has 25 heavy (non-hydrogen) atoms. The SMILES string of the molecule is COc1ccc2[nH]cc(CC(NC(=O)OC(C)(C)C)C(=O)O)c2c1C. The first-order valence-corrected chi connectivity index (χ1v) is 7.98. The van der Waals surface area contributed by atoms with Gasteiger partial charge in [0.05, 0.1) is 7.11 Å². The van der Waals surface area contributed by atoms with E-state index in [4.69, 9.17) is 9.47 Å². The number of methoxy groups -OCH3 is 1. The molecule has 136 valence electrons. The number of benzene rings is 1. The Morgan fingerprint density at radius 2 is 2.00 bits per heavy atom.